The quantitative estimate of drug-likeness (QED) is 0.864. The molecule has 0 amide bonds. The molecule has 0 saturated carbocycles. The van der Waals surface area contributed by atoms with Gasteiger partial charge >= 0.3 is 0 Å². The van der Waals surface area contributed by atoms with Crippen molar-refractivity contribution in [3.63, 3.8) is 0 Å². The van der Waals surface area contributed by atoms with Gasteiger partial charge in [0, 0.05) is 13.1 Å². The lowest BCUT2D eigenvalue weighted by Gasteiger charge is -2.32. The Morgan fingerprint density at radius 3 is 2.95 bits per heavy atom. The van der Waals surface area contributed by atoms with Crippen LogP contribution in [0.25, 0.3) is 10.2 Å². The van der Waals surface area contributed by atoms with Gasteiger partial charge in [-0.1, -0.05) is 11.6 Å². The van der Waals surface area contributed by atoms with Gasteiger partial charge in [0.15, 0.2) is 0 Å². The van der Waals surface area contributed by atoms with E-state index in [0.717, 1.165) is 37.4 Å². The first-order valence-corrected chi connectivity index (χ1v) is 7.92. The number of anilines is 1. The molecule has 2 aromatic heterocycles. The van der Waals surface area contributed by atoms with E-state index in [-0.39, 0.29) is 5.56 Å². The Bertz CT molecular complexity index is 692. The molecule has 3 rings (SSSR count). The SMILES string of the molecule is C/C=C(\C)C1CCN(c2nc3ccsc3c(=O)[nH]2)CC1. The Labute approximate surface area is 122 Å². The topological polar surface area (TPSA) is 49.0 Å². The Hall–Kier alpha value is -1.62. The van der Waals surface area contributed by atoms with Crippen LogP contribution in [-0.2, 0) is 0 Å². The number of fused-ring (bicyclic) bond motifs is 1. The lowest BCUT2D eigenvalue weighted by atomic mass is 9.90. The largest absolute Gasteiger partial charge is 0.342 e. The van der Waals surface area contributed by atoms with Crippen LogP contribution in [0, 0.1) is 5.92 Å². The van der Waals surface area contributed by atoms with Crippen LogP contribution in [0.2, 0.25) is 0 Å². The van der Waals surface area contributed by atoms with Crippen molar-refractivity contribution in [1.29, 1.82) is 0 Å². The Morgan fingerprint density at radius 2 is 2.25 bits per heavy atom. The summed E-state index contributed by atoms with van der Waals surface area (Å²) in [4.78, 5) is 21.7. The number of hydrogen-bond acceptors (Lipinski definition) is 4. The highest BCUT2D eigenvalue weighted by Gasteiger charge is 2.22. The highest BCUT2D eigenvalue weighted by molar-refractivity contribution is 7.17. The molecule has 0 bridgehead atoms. The van der Waals surface area contributed by atoms with Gasteiger partial charge in [-0.2, -0.15) is 0 Å². The monoisotopic (exact) mass is 289 g/mol. The van der Waals surface area contributed by atoms with E-state index in [4.69, 9.17) is 0 Å². The summed E-state index contributed by atoms with van der Waals surface area (Å²) in [6, 6.07) is 1.91. The third-order valence-corrected chi connectivity index (χ3v) is 5.10. The third kappa shape index (κ3) is 2.38. The zero-order chi connectivity index (χ0) is 14.1. The van der Waals surface area contributed by atoms with Crippen LogP contribution >= 0.6 is 11.3 Å². The summed E-state index contributed by atoms with van der Waals surface area (Å²) in [5.74, 6) is 1.39. The average Bonchev–Trinajstić information content (AvgIpc) is 2.95. The molecule has 0 radical (unpaired) electrons. The second-order valence-corrected chi connectivity index (χ2v) is 6.23. The van der Waals surface area contributed by atoms with Gasteiger partial charge < -0.3 is 4.90 Å². The molecule has 3 heterocycles. The molecule has 0 unspecified atom stereocenters. The molecule has 0 aromatic carbocycles. The van der Waals surface area contributed by atoms with E-state index in [2.05, 4.69) is 34.8 Å². The van der Waals surface area contributed by atoms with Gasteiger partial charge in [-0.3, -0.25) is 9.78 Å². The first-order chi connectivity index (χ1) is 9.69. The Kier molecular flexibility index (Phi) is 3.61. The van der Waals surface area contributed by atoms with Gasteiger partial charge in [-0.25, -0.2) is 4.98 Å². The van der Waals surface area contributed by atoms with Crippen molar-refractivity contribution in [2.24, 2.45) is 5.92 Å². The standard InChI is InChI=1S/C15H19N3OS/c1-3-10(2)11-4-7-18(8-5-11)15-16-12-6-9-20-13(12)14(19)17-15/h3,6,9,11H,4-5,7-8H2,1-2H3,(H,16,17,19)/b10-3+. The molecule has 4 nitrogen and oxygen atoms in total. The van der Waals surface area contributed by atoms with Gasteiger partial charge in [-0.05, 0) is 44.1 Å². The first kappa shape index (κ1) is 13.4. The summed E-state index contributed by atoms with van der Waals surface area (Å²) in [5.41, 5.74) is 2.26. The minimum absolute atomic E-state index is 0.0215. The highest BCUT2D eigenvalue weighted by atomic mass is 32.1. The van der Waals surface area contributed by atoms with Crippen molar-refractivity contribution in [1.82, 2.24) is 9.97 Å². The van der Waals surface area contributed by atoms with E-state index in [1.54, 1.807) is 0 Å². The smallest absolute Gasteiger partial charge is 0.270 e. The van der Waals surface area contributed by atoms with Crippen LogP contribution in [0.15, 0.2) is 27.9 Å². The normalized spacial score (nSPS) is 17.9. The third-order valence-electron chi connectivity index (χ3n) is 4.20. The Balaban J connectivity index is 1.81. The molecule has 0 spiro atoms. The summed E-state index contributed by atoms with van der Waals surface area (Å²) in [5, 5.41) is 1.92. The number of aromatic amines is 1. The molecule has 1 N–H and O–H groups in total. The number of H-pyrrole nitrogens is 1. The van der Waals surface area contributed by atoms with Gasteiger partial charge in [0.2, 0.25) is 5.95 Å². The molecule has 0 aliphatic carbocycles. The molecule has 1 saturated heterocycles. The fraction of sp³-hybridized carbons (Fsp3) is 0.467. The highest BCUT2D eigenvalue weighted by Crippen LogP contribution is 2.26. The maximum atomic E-state index is 12.0. The number of thiophene rings is 1. The van der Waals surface area contributed by atoms with Gasteiger partial charge in [-0.15, -0.1) is 11.3 Å². The first-order valence-electron chi connectivity index (χ1n) is 7.04. The van der Waals surface area contributed by atoms with Crippen LogP contribution in [0.5, 0.6) is 0 Å². The predicted molar refractivity (Wildman–Crippen MR) is 84.6 cm³/mol. The summed E-state index contributed by atoms with van der Waals surface area (Å²) in [6.07, 6.45) is 4.46. The molecule has 1 aliphatic heterocycles. The molecule has 1 fully saturated rings. The number of piperidine rings is 1. The average molecular weight is 289 g/mol. The van der Waals surface area contributed by atoms with E-state index in [9.17, 15) is 4.79 Å². The zero-order valence-corrected chi connectivity index (χ0v) is 12.7. The van der Waals surface area contributed by atoms with Crippen LogP contribution in [-0.4, -0.2) is 23.1 Å². The second-order valence-electron chi connectivity index (χ2n) is 5.32. The molecule has 1 aliphatic rings. The fourth-order valence-corrected chi connectivity index (χ4v) is 3.52. The van der Waals surface area contributed by atoms with Crippen LogP contribution in [0.3, 0.4) is 0 Å². The molecule has 20 heavy (non-hydrogen) atoms. The van der Waals surface area contributed by atoms with Crippen molar-refractivity contribution in [2.45, 2.75) is 26.7 Å². The number of nitrogens with zero attached hydrogens (tertiary/aromatic N) is 2. The lowest BCUT2D eigenvalue weighted by Crippen LogP contribution is -2.36. The van der Waals surface area contributed by atoms with Crippen LogP contribution in [0.4, 0.5) is 5.95 Å². The number of hydrogen-bond donors (Lipinski definition) is 1. The fourth-order valence-electron chi connectivity index (χ4n) is 2.79. The van der Waals surface area contributed by atoms with E-state index in [0.29, 0.717) is 10.6 Å². The number of nitrogens with one attached hydrogen (secondary N) is 1. The molecule has 2 aromatic rings. The van der Waals surface area contributed by atoms with Gasteiger partial charge in [0.1, 0.15) is 4.70 Å². The van der Waals surface area contributed by atoms with Crippen molar-refractivity contribution in [3.05, 3.63) is 33.4 Å². The summed E-state index contributed by atoms with van der Waals surface area (Å²) in [6.45, 7) is 6.21. The summed E-state index contributed by atoms with van der Waals surface area (Å²) in [7, 11) is 0. The minimum atomic E-state index is -0.0215. The summed E-state index contributed by atoms with van der Waals surface area (Å²) < 4.78 is 0.716. The van der Waals surface area contributed by atoms with E-state index >= 15 is 0 Å². The number of aromatic nitrogens is 2. The van der Waals surface area contributed by atoms with Crippen molar-refractivity contribution in [3.8, 4) is 0 Å². The zero-order valence-electron chi connectivity index (χ0n) is 11.8. The van der Waals surface area contributed by atoms with Gasteiger partial charge in [0.05, 0.1) is 5.52 Å². The Morgan fingerprint density at radius 1 is 1.50 bits per heavy atom. The molecule has 0 atom stereocenters. The molecular formula is C15H19N3OS. The van der Waals surface area contributed by atoms with Crippen molar-refractivity contribution < 1.29 is 0 Å². The van der Waals surface area contributed by atoms with Gasteiger partial charge in [0.25, 0.3) is 5.56 Å². The lowest BCUT2D eigenvalue weighted by molar-refractivity contribution is 0.453. The van der Waals surface area contributed by atoms with E-state index in [1.165, 1.54) is 16.9 Å². The number of allylic oxidation sites excluding steroid dienone is 2. The van der Waals surface area contributed by atoms with Crippen molar-refractivity contribution in [2.75, 3.05) is 18.0 Å². The molecule has 106 valence electrons. The minimum Gasteiger partial charge on any atom is -0.342 e. The van der Waals surface area contributed by atoms with E-state index in [1.807, 2.05) is 11.4 Å². The van der Waals surface area contributed by atoms with Crippen molar-refractivity contribution >= 4 is 27.5 Å². The predicted octanol–water partition coefficient (Wildman–Crippen LogP) is 3.17. The molecular weight excluding hydrogens is 270 g/mol. The second kappa shape index (κ2) is 5.40. The van der Waals surface area contributed by atoms with E-state index < -0.39 is 0 Å². The van der Waals surface area contributed by atoms with Crippen LogP contribution < -0.4 is 10.5 Å². The molecule has 5 heteroatoms. The number of rotatable bonds is 2. The van der Waals surface area contributed by atoms with Crippen LogP contribution in [0.1, 0.15) is 26.7 Å². The summed E-state index contributed by atoms with van der Waals surface area (Å²) >= 11 is 1.44. The maximum absolute atomic E-state index is 12.0. The maximum Gasteiger partial charge on any atom is 0.270 e.